The van der Waals surface area contributed by atoms with Crippen LogP contribution in [0.4, 0.5) is 0 Å². The second kappa shape index (κ2) is 6.65. The van der Waals surface area contributed by atoms with Crippen molar-refractivity contribution in [2.45, 2.75) is 25.8 Å². The summed E-state index contributed by atoms with van der Waals surface area (Å²) in [5.41, 5.74) is 1.36. The summed E-state index contributed by atoms with van der Waals surface area (Å²) >= 11 is 7.72. The lowest BCUT2D eigenvalue weighted by molar-refractivity contribution is 0.412. The molecule has 0 saturated carbocycles. The second-order valence-corrected chi connectivity index (χ2v) is 6.39. The maximum atomic E-state index is 5.92. The van der Waals surface area contributed by atoms with Gasteiger partial charge in [0.25, 0.3) is 0 Å². The Hall–Kier alpha value is -1.29. The van der Waals surface area contributed by atoms with Crippen molar-refractivity contribution in [3.8, 4) is 0 Å². The van der Waals surface area contributed by atoms with Gasteiger partial charge in [0.15, 0.2) is 5.22 Å². The fourth-order valence-corrected chi connectivity index (χ4v) is 3.65. The summed E-state index contributed by atoms with van der Waals surface area (Å²) in [5, 5.41) is 7.58. The summed E-state index contributed by atoms with van der Waals surface area (Å²) in [6.07, 6.45) is 2.00. The van der Waals surface area contributed by atoms with Crippen LogP contribution < -0.4 is 5.32 Å². The molecule has 1 N–H and O–H groups in total. The van der Waals surface area contributed by atoms with E-state index in [0.717, 1.165) is 25.1 Å². The van der Waals surface area contributed by atoms with Gasteiger partial charge in [0.2, 0.25) is 0 Å². The number of nitrogens with one attached hydrogen (secondary N) is 1. The van der Waals surface area contributed by atoms with Crippen LogP contribution in [0.15, 0.2) is 46.2 Å². The molecule has 0 aliphatic carbocycles. The molecule has 3 rings (SSSR count). The van der Waals surface area contributed by atoms with Crippen molar-refractivity contribution in [3.05, 3.63) is 58.3 Å². The number of benzene rings is 1. The topological polar surface area (TPSA) is 25.2 Å². The normalized spacial score (nSPS) is 12.9. The summed E-state index contributed by atoms with van der Waals surface area (Å²) < 4.78 is 6.94. The van der Waals surface area contributed by atoms with E-state index in [1.165, 1.54) is 15.6 Å². The number of thiophene rings is 1. The summed E-state index contributed by atoms with van der Waals surface area (Å²) in [6, 6.07) is 12.5. The minimum atomic E-state index is 0.162. The molecule has 4 heteroatoms. The van der Waals surface area contributed by atoms with E-state index in [2.05, 4.69) is 41.9 Å². The van der Waals surface area contributed by atoms with Gasteiger partial charge >= 0.3 is 0 Å². The van der Waals surface area contributed by atoms with Gasteiger partial charge in [-0.2, -0.15) is 0 Å². The average molecular weight is 320 g/mol. The lowest BCUT2D eigenvalue weighted by Crippen LogP contribution is -2.23. The van der Waals surface area contributed by atoms with Gasteiger partial charge in [0.05, 0.1) is 6.04 Å². The van der Waals surface area contributed by atoms with Gasteiger partial charge in [0.1, 0.15) is 5.76 Å². The van der Waals surface area contributed by atoms with Gasteiger partial charge in [-0.25, -0.2) is 0 Å². The fraction of sp³-hybridized carbons (Fsp3) is 0.294. The van der Waals surface area contributed by atoms with Crippen molar-refractivity contribution < 1.29 is 4.42 Å². The predicted molar refractivity (Wildman–Crippen MR) is 90.3 cm³/mol. The molecular formula is C17H18ClNOS. The van der Waals surface area contributed by atoms with Gasteiger partial charge in [0, 0.05) is 4.70 Å². The SMILES string of the molecule is CCCNC(Cc1csc2ccccc12)c1ccc(Cl)o1. The number of hydrogen-bond donors (Lipinski definition) is 1. The van der Waals surface area contributed by atoms with E-state index < -0.39 is 0 Å². The van der Waals surface area contributed by atoms with E-state index >= 15 is 0 Å². The first-order valence-corrected chi connectivity index (χ1v) is 8.47. The van der Waals surface area contributed by atoms with Crippen molar-refractivity contribution in [1.82, 2.24) is 5.32 Å². The van der Waals surface area contributed by atoms with Crippen molar-refractivity contribution in [2.75, 3.05) is 6.54 Å². The Morgan fingerprint density at radius 2 is 2.10 bits per heavy atom. The molecule has 0 bridgehead atoms. The molecule has 0 fully saturated rings. The molecule has 0 aliphatic heterocycles. The third kappa shape index (κ3) is 3.31. The minimum Gasteiger partial charge on any atom is -0.448 e. The Kier molecular flexibility index (Phi) is 4.63. The van der Waals surface area contributed by atoms with Crippen molar-refractivity contribution in [1.29, 1.82) is 0 Å². The maximum Gasteiger partial charge on any atom is 0.193 e. The molecule has 2 nitrogen and oxygen atoms in total. The van der Waals surface area contributed by atoms with Gasteiger partial charge in [-0.1, -0.05) is 25.1 Å². The van der Waals surface area contributed by atoms with Crippen molar-refractivity contribution in [3.63, 3.8) is 0 Å². The zero-order chi connectivity index (χ0) is 14.7. The van der Waals surface area contributed by atoms with Crippen LogP contribution in [-0.4, -0.2) is 6.54 Å². The molecule has 1 aromatic carbocycles. The Balaban J connectivity index is 1.87. The summed E-state index contributed by atoms with van der Waals surface area (Å²) in [5.74, 6) is 0.906. The lowest BCUT2D eigenvalue weighted by Gasteiger charge is -2.16. The van der Waals surface area contributed by atoms with Gasteiger partial charge < -0.3 is 9.73 Å². The predicted octanol–water partition coefficient (Wildman–Crippen LogP) is 5.43. The Morgan fingerprint density at radius 3 is 2.86 bits per heavy atom. The molecule has 0 aliphatic rings. The molecule has 3 aromatic rings. The molecule has 0 radical (unpaired) electrons. The number of halogens is 1. The molecule has 0 saturated heterocycles. The number of fused-ring (bicyclic) bond motifs is 1. The Morgan fingerprint density at radius 1 is 1.24 bits per heavy atom. The highest BCUT2D eigenvalue weighted by molar-refractivity contribution is 7.17. The van der Waals surface area contributed by atoms with Crippen LogP contribution in [0.25, 0.3) is 10.1 Å². The zero-order valence-electron chi connectivity index (χ0n) is 11.9. The Bertz CT molecular complexity index is 718. The van der Waals surface area contributed by atoms with E-state index in [-0.39, 0.29) is 6.04 Å². The first kappa shape index (κ1) is 14.6. The fourth-order valence-electron chi connectivity index (χ4n) is 2.52. The maximum absolute atomic E-state index is 5.92. The third-order valence-electron chi connectivity index (χ3n) is 3.56. The van der Waals surface area contributed by atoms with Crippen LogP contribution in [0.3, 0.4) is 0 Å². The monoisotopic (exact) mass is 319 g/mol. The van der Waals surface area contributed by atoms with Gasteiger partial charge in [-0.3, -0.25) is 0 Å². The summed E-state index contributed by atoms with van der Waals surface area (Å²) in [4.78, 5) is 0. The second-order valence-electron chi connectivity index (χ2n) is 5.11. The van der Waals surface area contributed by atoms with Crippen LogP contribution in [0, 0.1) is 0 Å². The standard InChI is InChI=1S/C17H18ClNOS/c1-2-9-19-14(15-7-8-17(18)20-15)10-12-11-21-16-6-4-3-5-13(12)16/h3-8,11,14,19H,2,9-10H2,1H3. The Labute approximate surface area is 133 Å². The number of hydrogen-bond acceptors (Lipinski definition) is 3. The third-order valence-corrected chi connectivity index (χ3v) is 4.78. The van der Waals surface area contributed by atoms with Crippen molar-refractivity contribution >= 4 is 33.0 Å². The van der Waals surface area contributed by atoms with E-state index in [1.807, 2.05) is 12.1 Å². The molecular weight excluding hydrogens is 302 g/mol. The number of furan rings is 1. The quantitative estimate of drug-likeness (QED) is 0.655. The van der Waals surface area contributed by atoms with Crippen molar-refractivity contribution in [2.24, 2.45) is 0 Å². The summed E-state index contributed by atoms with van der Waals surface area (Å²) in [6.45, 7) is 3.13. The molecule has 21 heavy (non-hydrogen) atoms. The average Bonchev–Trinajstić information content (AvgIpc) is 3.10. The highest BCUT2D eigenvalue weighted by atomic mass is 35.5. The van der Waals surface area contributed by atoms with E-state index in [0.29, 0.717) is 5.22 Å². The van der Waals surface area contributed by atoms with Crippen LogP contribution in [-0.2, 0) is 6.42 Å². The summed E-state index contributed by atoms with van der Waals surface area (Å²) in [7, 11) is 0. The number of rotatable bonds is 6. The van der Waals surface area contributed by atoms with Crippen LogP contribution in [0.1, 0.15) is 30.7 Å². The lowest BCUT2D eigenvalue weighted by atomic mass is 10.0. The smallest absolute Gasteiger partial charge is 0.193 e. The van der Waals surface area contributed by atoms with E-state index in [4.69, 9.17) is 16.0 Å². The van der Waals surface area contributed by atoms with Gasteiger partial charge in [-0.05, 0) is 65.5 Å². The van der Waals surface area contributed by atoms with E-state index in [1.54, 1.807) is 11.3 Å². The molecule has 1 atom stereocenters. The molecule has 0 amide bonds. The first-order chi connectivity index (χ1) is 10.3. The van der Waals surface area contributed by atoms with Crippen LogP contribution >= 0.6 is 22.9 Å². The van der Waals surface area contributed by atoms with Gasteiger partial charge in [-0.15, -0.1) is 11.3 Å². The highest BCUT2D eigenvalue weighted by Gasteiger charge is 2.17. The largest absolute Gasteiger partial charge is 0.448 e. The molecule has 110 valence electrons. The molecule has 2 heterocycles. The first-order valence-electron chi connectivity index (χ1n) is 7.21. The molecule has 0 spiro atoms. The van der Waals surface area contributed by atoms with E-state index in [9.17, 15) is 0 Å². The highest BCUT2D eigenvalue weighted by Crippen LogP contribution is 2.30. The van der Waals surface area contributed by atoms with Crippen LogP contribution in [0.2, 0.25) is 5.22 Å². The zero-order valence-corrected chi connectivity index (χ0v) is 13.5. The van der Waals surface area contributed by atoms with Crippen LogP contribution in [0.5, 0.6) is 0 Å². The minimum absolute atomic E-state index is 0.162. The molecule has 2 aromatic heterocycles. The molecule has 1 unspecified atom stereocenters.